The third-order valence-corrected chi connectivity index (χ3v) is 4.53. The van der Waals surface area contributed by atoms with Crippen LogP contribution in [0, 0.1) is 0 Å². The minimum Gasteiger partial charge on any atom is -0.477 e. The summed E-state index contributed by atoms with van der Waals surface area (Å²) in [5.74, 6) is -2.72. The molecule has 0 bridgehead atoms. The van der Waals surface area contributed by atoms with E-state index in [2.05, 4.69) is 4.99 Å². The van der Waals surface area contributed by atoms with Gasteiger partial charge in [0.2, 0.25) is 5.66 Å². The number of fused-ring (bicyclic) bond motifs is 1. The SMILES string of the molecule is CC(=O)OCC1=C(C(=O)O)N2C(=O)[C@@](N)(N=C(N)N)[C@H]2SC1. The molecule has 1 fully saturated rings. The highest BCUT2D eigenvalue weighted by atomic mass is 32.2. The number of ether oxygens (including phenoxy) is 1. The number of nitrogens with two attached hydrogens (primary N) is 3. The maximum absolute atomic E-state index is 12.2. The van der Waals surface area contributed by atoms with Crippen molar-refractivity contribution in [3.63, 3.8) is 0 Å². The number of aliphatic carboxylic acids is 1. The third-order valence-electron chi connectivity index (χ3n) is 3.13. The summed E-state index contributed by atoms with van der Waals surface area (Å²) in [5, 5.41) is 8.61. The van der Waals surface area contributed by atoms with Gasteiger partial charge in [-0.1, -0.05) is 0 Å². The topological polar surface area (TPSA) is 174 Å². The van der Waals surface area contributed by atoms with Crippen molar-refractivity contribution in [2.24, 2.45) is 22.2 Å². The number of esters is 1. The molecule has 7 N–H and O–H groups in total. The highest BCUT2D eigenvalue weighted by Gasteiger charge is 2.63. The van der Waals surface area contributed by atoms with Crippen molar-refractivity contribution in [3.8, 4) is 0 Å². The molecular formula is C11H15N5O5S. The van der Waals surface area contributed by atoms with Gasteiger partial charge < -0.3 is 21.3 Å². The van der Waals surface area contributed by atoms with Crippen molar-refractivity contribution < 1.29 is 24.2 Å². The Bertz CT molecular complexity index is 614. The molecule has 0 radical (unpaired) electrons. The minimum atomic E-state index is -1.68. The van der Waals surface area contributed by atoms with Crippen LogP contribution in [0.2, 0.25) is 0 Å². The van der Waals surface area contributed by atoms with Gasteiger partial charge in [-0.3, -0.25) is 20.2 Å². The number of hydrogen-bond donors (Lipinski definition) is 4. The van der Waals surface area contributed by atoms with E-state index in [4.69, 9.17) is 21.9 Å². The number of carboxylic acid groups (broad SMARTS) is 1. The summed E-state index contributed by atoms with van der Waals surface area (Å²) in [6, 6.07) is 0. The molecule has 10 nitrogen and oxygen atoms in total. The first-order valence-corrected chi connectivity index (χ1v) is 7.17. The first-order chi connectivity index (χ1) is 10.2. The van der Waals surface area contributed by atoms with Gasteiger partial charge in [0.25, 0.3) is 5.91 Å². The lowest BCUT2D eigenvalue weighted by Gasteiger charge is -2.53. The van der Waals surface area contributed by atoms with Crippen LogP contribution in [-0.2, 0) is 19.1 Å². The van der Waals surface area contributed by atoms with E-state index >= 15 is 0 Å². The largest absolute Gasteiger partial charge is 0.477 e. The smallest absolute Gasteiger partial charge is 0.352 e. The Labute approximate surface area is 129 Å². The molecule has 120 valence electrons. The zero-order chi connectivity index (χ0) is 16.7. The van der Waals surface area contributed by atoms with Crippen LogP contribution in [-0.4, -0.2) is 57.2 Å². The monoisotopic (exact) mass is 329 g/mol. The summed E-state index contributed by atoms with van der Waals surface area (Å²) in [5.41, 5.74) is 14.8. The van der Waals surface area contributed by atoms with Gasteiger partial charge in [0.15, 0.2) is 5.96 Å². The molecule has 0 aromatic rings. The zero-order valence-corrected chi connectivity index (χ0v) is 12.4. The molecule has 22 heavy (non-hydrogen) atoms. The molecule has 0 unspecified atom stereocenters. The van der Waals surface area contributed by atoms with Gasteiger partial charge in [-0.05, 0) is 0 Å². The zero-order valence-electron chi connectivity index (χ0n) is 11.6. The second-order valence-electron chi connectivity index (χ2n) is 4.74. The van der Waals surface area contributed by atoms with Crippen molar-refractivity contribution in [2.45, 2.75) is 18.0 Å². The van der Waals surface area contributed by atoms with Crippen LogP contribution in [0.4, 0.5) is 0 Å². The van der Waals surface area contributed by atoms with Crippen LogP contribution in [0.15, 0.2) is 16.3 Å². The molecule has 11 heteroatoms. The Balaban J connectivity index is 2.34. The van der Waals surface area contributed by atoms with Crippen LogP contribution < -0.4 is 17.2 Å². The van der Waals surface area contributed by atoms with Crippen molar-refractivity contribution in [3.05, 3.63) is 11.3 Å². The number of carbonyl (C=O) groups excluding carboxylic acids is 2. The van der Waals surface area contributed by atoms with E-state index in [1.165, 1.54) is 18.7 Å². The van der Waals surface area contributed by atoms with Crippen LogP contribution in [0.25, 0.3) is 0 Å². The van der Waals surface area contributed by atoms with Crippen molar-refractivity contribution in [2.75, 3.05) is 12.4 Å². The van der Waals surface area contributed by atoms with E-state index in [1.807, 2.05) is 0 Å². The second-order valence-corrected chi connectivity index (χ2v) is 5.81. The predicted molar refractivity (Wildman–Crippen MR) is 77.1 cm³/mol. The van der Waals surface area contributed by atoms with Crippen LogP contribution in [0.5, 0.6) is 0 Å². The summed E-state index contributed by atoms with van der Waals surface area (Å²) in [6.45, 7) is 0.999. The molecule has 0 aromatic heterocycles. The predicted octanol–water partition coefficient (Wildman–Crippen LogP) is -2.27. The lowest BCUT2D eigenvalue weighted by atomic mass is 9.97. The first-order valence-electron chi connectivity index (χ1n) is 6.12. The standard InChI is InChI=1S/C11H15N5O5S/c1-4(17)21-2-5-3-22-9-11(14,15-10(12)13)8(20)16(9)6(5)7(18)19/h9H,2-3,14H2,1H3,(H,18,19)(H4,12,13,15)/t9-,11-/m1/s1. The van der Waals surface area contributed by atoms with Gasteiger partial charge >= 0.3 is 11.9 Å². The van der Waals surface area contributed by atoms with Crippen molar-refractivity contribution in [1.82, 2.24) is 4.90 Å². The summed E-state index contributed by atoms with van der Waals surface area (Å²) < 4.78 is 4.81. The molecule has 2 heterocycles. The molecule has 2 aliphatic rings. The number of amides is 1. The number of rotatable bonds is 4. The van der Waals surface area contributed by atoms with E-state index in [9.17, 15) is 19.5 Å². The molecule has 2 atom stereocenters. The van der Waals surface area contributed by atoms with Gasteiger partial charge in [0, 0.05) is 18.2 Å². The number of hydrogen-bond acceptors (Lipinski definition) is 7. The fourth-order valence-corrected chi connectivity index (χ4v) is 3.58. The Morgan fingerprint density at radius 1 is 1.55 bits per heavy atom. The quantitative estimate of drug-likeness (QED) is 0.192. The average Bonchev–Trinajstić information content (AvgIpc) is 2.42. The van der Waals surface area contributed by atoms with Crippen LogP contribution in [0.1, 0.15) is 6.92 Å². The lowest BCUT2D eigenvalue weighted by Crippen LogP contribution is -2.77. The average molecular weight is 329 g/mol. The fourth-order valence-electron chi connectivity index (χ4n) is 2.24. The van der Waals surface area contributed by atoms with E-state index in [1.54, 1.807) is 0 Å². The summed E-state index contributed by atoms with van der Waals surface area (Å²) in [4.78, 5) is 39.3. The number of nitrogens with zero attached hydrogens (tertiary/aromatic N) is 2. The van der Waals surface area contributed by atoms with Gasteiger partial charge in [-0.25, -0.2) is 9.79 Å². The van der Waals surface area contributed by atoms with E-state index in [0.717, 1.165) is 4.90 Å². The Hall–Kier alpha value is -2.27. The highest BCUT2D eigenvalue weighted by Crippen LogP contribution is 2.45. The molecule has 0 aliphatic carbocycles. The summed E-state index contributed by atoms with van der Waals surface area (Å²) >= 11 is 1.20. The minimum absolute atomic E-state index is 0.208. The third kappa shape index (κ3) is 2.48. The van der Waals surface area contributed by atoms with Crippen LogP contribution in [0.3, 0.4) is 0 Å². The maximum atomic E-state index is 12.2. The van der Waals surface area contributed by atoms with E-state index in [-0.39, 0.29) is 24.0 Å². The maximum Gasteiger partial charge on any atom is 0.352 e. The number of aliphatic imine (C=N–C) groups is 1. The molecule has 0 saturated carbocycles. The molecule has 2 rings (SSSR count). The lowest BCUT2D eigenvalue weighted by molar-refractivity contribution is -0.154. The van der Waals surface area contributed by atoms with Crippen molar-refractivity contribution >= 4 is 35.6 Å². The normalized spacial score (nSPS) is 26.9. The van der Waals surface area contributed by atoms with E-state index in [0.29, 0.717) is 5.57 Å². The number of carboxylic acids is 1. The number of β-lactam (4-membered cyclic amide) rings is 1. The number of carbonyl (C=O) groups is 3. The molecular weight excluding hydrogens is 314 g/mol. The van der Waals surface area contributed by atoms with Crippen molar-refractivity contribution in [1.29, 1.82) is 0 Å². The second kappa shape index (κ2) is 5.50. The van der Waals surface area contributed by atoms with E-state index < -0.39 is 28.9 Å². The molecule has 1 saturated heterocycles. The summed E-state index contributed by atoms with van der Waals surface area (Å²) in [7, 11) is 0. The summed E-state index contributed by atoms with van der Waals surface area (Å²) in [6.07, 6.45) is 0. The van der Waals surface area contributed by atoms with Gasteiger partial charge in [-0.2, -0.15) is 0 Å². The fraction of sp³-hybridized carbons (Fsp3) is 0.455. The van der Waals surface area contributed by atoms with Crippen LogP contribution >= 0.6 is 11.8 Å². The van der Waals surface area contributed by atoms with Gasteiger partial charge in [0.05, 0.1) is 0 Å². The Morgan fingerprint density at radius 3 is 2.68 bits per heavy atom. The Kier molecular flexibility index (Phi) is 4.02. The molecule has 0 aromatic carbocycles. The molecule has 1 amide bonds. The Morgan fingerprint density at radius 2 is 2.18 bits per heavy atom. The number of thioether (sulfide) groups is 1. The highest BCUT2D eigenvalue weighted by molar-refractivity contribution is 8.00. The molecule has 0 spiro atoms. The van der Waals surface area contributed by atoms with Gasteiger partial charge in [0.1, 0.15) is 17.7 Å². The molecule has 2 aliphatic heterocycles. The van der Waals surface area contributed by atoms with Gasteiger partial charge in [-0.15, -0.1) is 11.8 Å². The number of guanidine groups is 1. The first kappa shape index (κ1) is 16.1.